The summed E-state index contributed by atoms with van der Waals surface area (Å²) in [7, 11) is 0. The molecule has 34 heavy (non-hydrogen) atoms. The van der Waals surface area contributed by atoms with Crippen molar-refractivity contribution in [2.24, 2.45) is 0 Å². The molecule has 1 heterocycles. The Kier molecular flexibility index (Phi) is 5.57. The summed E-state index contributed by atoms with van der Waals surface area (Å²) in [5.41, 5.74) is 1.29. The average Bonchev–Trinajstić information content (AvgIpc) is 3.23. The average molecular weight is 560 g/mol. The van der Waals surface area contributed by atoms with Gasteiger partial charge in [-0.3, -0.25) is 0 Å². The van der Waals surface area contributed by atoms with Crippen LogP contribution in [-0.4, -0.2) is 27.2 Å². The molecule has 3 heteroatoms. The molecule has 1 aliphatic rings. The van der Waals surface area contributed by atoms with E-state index in [1.807, 2.05) is 0 Å². The minimum atomic E-state index is -3.48. The van der Waals surface area contributed by atoms with Crippen LogP contribution in [0.1, 0.15) is 5.56 Å². The normalized spacial score (nSPS) is 15.6. The number of aryl methyl sites for hydroxylation is 1. The third-order valence-electron chi connectivity index (χ3n) is 6.96. The van der Waals surface area contributed by atoms with E-state index in [0.717, 1.165) is 0 Å². The fourth-order valence-corrected chi connectivity index (χ4v) is 37.3. The van der Waals surface area contributed by atoms with E-state index in [1.165, 1.54) is 31.9 Å². The quantitative estimate of drug-likeness (QED) is 0.308. The van der Waals surface area contributed by atoms with Crippen molar-refractivity contribution in [2.75, 3.05) is 0 Å². The molecule has 0 unspecified atom stereocenters. The van der Waals surface area contributed by atoms with Gasteiger partial charge in [0.25, 0.3) is 0 Å². The summed E-state index contributed by atoms with van der Waals surface area (Å²) >= 11 is -6.96. The van der Waals surface area contributed by atoms with Gasteiger partial charge in [-0.15, -0.1) is 0 Å². The molecule has 0 aromatic heterocycles. The Morgan fingerprint density at radius 2 is 0.765 bits per heavy atom. The molecule has 0 bridgehead atoms. The van der Waals surface area contributed by atoms with Crippen molar-refractivity contribution in [3.05, 3.63) is 145 Å². The Hall–Kier alpha value is -2.85. The summed E-state index contributed by atoms with van der Waals surface area (Å²) in [4.78, 5) is 0. The van der Waals surface area contributed by atoms with Crippen molar-refractivity contribution in [2.45, 2.75) is 6.92 Å². The van der Waals surface area contributed by atoms with Gasteiger partial charge in [-0.25, -0.2) is 0 Å². The zero-order valence-electron chi connectivity index (χ0n) is 19.2. The van der Waals surface area contributed by atoms with Crippen molar-refractivity contribution in [1.29, 1.82) is 0 Å². The van der Waals surface area contributed by atoms with Gasteiger partial charge in [-0.1, -0.05) is 0 Å². The zero-order chi connectivity index (χ0) is 23.0. The van der Waals surface area contributed by atoms with E-state index in [9.17, 15) is 0 Å². The summed E-state index contributed by atoms with van der Waals surface area (Å²) < 4.78 is 16.3. The summed E-state index contributed by atoms with van der Waals surface area (Å²) in [6, 6.07) is 51.3. The summed E-state index contributed by atoms with van der Waals surface area (Å²) in [5.74, 6) is 0. The van der Waals surface area contributed by atoms with Gasteiger partial charge in [0.2, 0.25) is 0 Å². The summed E-state index contributed by atoms with van der Waals surface area (Å²) in [6.07, 6.45) is 0. The first-order chi connectivity index (χ1) is 16.7. The van der Waals surface area contributed by atoms with E-state index in [0.29, 0.717) is 0 Å². The second-order valence-corrected chi connectivity index (χ2v) is 24.5. The molecular weight excluding hydrogens is 534 g/mol. The first kappa shape index (κ1) is 21.7. The van der Waals surface area contributed by atoms with Crippen LogP contribution < -0.4 is 26.4 Å². The SMILES string of the molecule is Cc1cc[c]2[c](c1)[Ge]([c]1ccccc1)([c]1ccccc1)[O][Ge]2([c]1ccccc1)[c]1ccccc1. The van der Waals surface area contributed by atoms with E-state index in [2.05, 4.69) is 146 Å². The first-order valence-electron chi connectivity index (χ1n) is 11.8. The topological polar surface area (TPSA) is 9.23 Å². The molecule has 0 fully saturated rings. The fourth-order valence-electron chi connectivity index (χ4n) is 5.48. The summed E-state index contributed by atoms with van der Waals surface area (Å²) in [6.45, 7) is 2.21. The Bertz CT molecular complexity index is 1340. The number of rotatable bonds is 4. The molecule has 0 saturated heterocycles. The monoisotopic (exact) mass is 562 g/mol. The molecule has 0 amide bonds. The van der Waals surface area contributed by atoms with Crippen molar-refractivity contribution in [1.82, 2.24) is 0 Å². The number of hydrogen-bond donors (Lipinski definition) is 0. The molecule has 0 spiro atoms. The van der Waals surface area contributed by atoms with Crippen LogP contribution in [0.4, 0.5) is 0 Å². The Morgan fingerprint density at radius 1 is 0.412 bits per heavy atom. The van der Waals surface area contributed by atoms with Gasteiger partial charge in [0.1, 0.15) is 0 Å². The molecule has 1 nitrogen and oxygen atoms in total. The van der Waals surface area contributed by atoms with Crippen LogP contribution >= 0.6 is 0 Å². The van der Waals surface area contributed by atoms with Gasteiger partial charge >= 0.3 is 208 Å². The van der Waals surface area contributed by atoms with Crippen molar-refractivity contribution in [3.63, 3.8) is 0 Å². The standard InChI is InChI=1S/C31H26Ge2O/c1-25-22-23-30-31(24-25)33(28-18-10-4-11-19-28,29-20-12-5-13-21-29)34-32(30,26-14-6-2-7-15-26)27-16-8-3-9-17-27/h2-24H,1H3. The van der Waals surface area contributed by atoms with E-state index in [-0.39, 0.29) is 0 Å². The zero-order valence-corrected chi connectivity index (χ0v) is 23.4. The molecule has 0 saturated carbocycles. The predicted octanol–water partition coefficient (Wildman–Crippen LogP) is 2.96. The number of benzene rings is 5. The molecule has 0 radical (unpaired) electrons. The van der Waals surface area contributed by atoms with Crippen LogP contribution in [0.5, 0.6) is 0 Å². The number of fused-ring (bicyclic) bond motifs is 1. The molecule has 164 valence electrons. The van der Waals surface area contributed by atoms with Crippen LogP contribution in [0.2, 0.25) is 0 Å². The molecule has 0 aliphatic carbocycles. The van der Waals surface area contributed by atoms with Gasteiger partial charge in [-0.05, 0) is 0 Å². The van der Waals surface area contributed by atoms with Gasteiger partial charge in [0.15, 0.2) is 0 Å². The van der Waals surface area contributed by atoms with Gasteiger partial charge < -0.3 is 0 Å². The van der Waals surface area contributed by atoms with Crippen LogP contribution in [0.3, 0.4) is 0 Å². The van der Waals surface area contributed by atoms with E-state index in [4.69, 9.17) is 2.79 Å². The maximum absolute atomic E-state index is 7.98. The van der Waals surface area contributed by atoms with Gasteiger partial charge in [-0.2, -0.15) is 0 Å². The minimum absolute atomic E-state index is 1.29. The van der Waals surface area contributed by atoms with E-state index < -0.39 is 27.2 Å². The van der Waals surface area contributed by atoms with Gasteiger partial charge in [0.05, 0.1) is 0 Å². The second kappa shape index (κ2) is 8.73. The van der Waals surface area contributed by atoms with Crippen molar-refractivity contribution in [3.8, 4) is 0 Å². The van der Waals surface area contributed by atoms with E-state index in [1.54, 1.807) is 0 Å². The Labute approximate surface area is 207 Å². The maximum atomic E-state index is 7.98. The predicted molar refractivity (Wildman–Crippen MR) is 147 cm³/mol. The summed E-state index contributed by atoms with van der Waals surface area (Å²) in [5, 5.41) is 0. The third kappa shape index (κ3) is 3.26. The van der Waals surface area contributed by atoms with Crippen LogP contribution in [0, 0.1) is 6.92 Å². The second-order valence-electron chi connectivity index (χ2n) is 8.98. The Morgan fingerprint density at radius 3 is 1.15 bits per heavy atom. The molecule has 5 aromatic carbocycles. The third-order valence-corrected chi connectivity index (χ3v) is 30.6. The molecule has 6 rings (SSSR count). The molecule has 5 aromatic rings. The van der Waals surface area contributed by atoms with Crippen molar-refractivity contribution < 1.29 is 2.79 Å². The molecule has 0 N–H and O–H groups in total. The van der Waals surface area contributed by atoms with Gasteiger partial charge in [0, 0.05) is 0 Å². The van der Waals surface area contributed by atoms with Crippen LogP contribution in [0.15, 0.2) is 140 Å². The molecule has 1 aliphatic heterocycles. The van der Waals surface area contributed by atoms with Crippen LogP contribution in [-0.2, 0) is 2.79 Å². The van der Waals surface area contributed by atoms with E-state index >= 15 is 0 Å². The fraction of sp³-hybridized carbons (Fsp3) is 0.0323. The first-order valence-corrected chi connectivity index (χ1v) is 19.8. The van der Waals surface area contributed by atoms with Crippen LogP contribution in [0.25, 0.3) is 0 Å². The molecular formula is C31H26Ge2O. The molecule has 0 atom stereocenters. The number of hydrogen-bond acceptors (Lipinski definition) is 1. The Balaban J connectivity index is 1.77. The van der Waals surface area contributed by atoms with Crippen molar-refractivity contribution >= 4 is 53.6 Å².